The van der Waals surface area contributed by atoms with E-state index in [9.17, 15) is 4.57 Å². The molecule has 0 bridgehead atoms. The van der Waals surface area contributed by atoms with Gasteiger partial charge in [-0.05, 0) is 12.1 Å². The van der Waals surface area contributed by atoms with Gasteiger partial charge >= 0.3 is 8.18 Å². The molecule has 0 aliphatic rings. The molecule has 0 aromatic heterocycles. The molecule has 2 N–H and O–H groups in total. The van der Waals surface area contributed by atoms with Gasteiger partial charge in [0.25, 0.3) is 0 Å². The van der Waals surface area contributed by atoms with E-state index in [1.807, 2.05) is 6.07 Å². The van der Waals surface area contributed by atoms with Crippen LogP contribution in [0.25, 0.3) is 0 Å². The second-order valence-electron chi connectivity index (χ2n) is 1.69. The van der Waals surface area contributed by atoms with Gasteiger partial charge in [0.1, 0.15) is 0 Å². The summed E-state index contributed by atoms with van der Waals surface area (Å²) in [5, 5.41) is 0. The number of hydrogen-bond acceptors (Lipinski definition) is 2. The Morgan fingerprint density at radius 3 is 2.40 bits per heavy atom. The minimum Gasteiger partial charge on any atom is -0.239 e. The zero-order valence-electron chi connectivity index (χ0n) is 5.23. The summed E-state index contributed by atoms with van der Waals surface area (Å²) in [5.41, 5.74) is 4.91. The average molecular weight is 156 g/mol. The van der Waals surface area contributed by atoms with Crippen LogP contribution in [-0.2, 0) is 4.57 Å². The van der Waals surface area contributed by atoms with E-state index >= 15 is 0 Å². The summed E-state index contributed by atoms with van der Waals surface area (Å²) >= 11 is 0. The van der Waals surface area contributed by atoms with Gasteiger partial charge in [-0.2, -0.15) is 0 Å². The number of nitrogens with two attached hydrogens (primary N) is 1. The van der Waals surface area contributed by atoms with Crippen molar-refractivity contribution in [3.05, 3.63) is 30.3 Å². The van der Waals surface area contributed by atoms with Crippen LogP contribution in [0.15, 0.2) is 30.3 Å². The molecule has 0 heterocycles. The first-order valence-electron chi connectivity index (χ1n) is 2.74. The fraction of sp³-hybridized carbons (Fsp3) is 0. The molecule has 0 aliphatic heterocycles. The summed E-state index contributed by atoms with van der Waals surface area (Å²) in [5.74, 6) is 0.533. The van der Waals surface area contributed by atoms with E-state index in [2.05, 4.69) is 0 Å². The molecule has 0 radical (unpaired) electrons. The Kier molecular flexibility index (Phi) is 2.37. The maximum Gasteiger partial charge on any atom is 0.660 e. The van der Waals surface area contributed by atoms with Crippen molar-refractivity contribution in [1.82, 2.24) is 0 Å². The van der Waals surface area contributed by atoms with Crippen LogP contribution in [0.4, 0.5) is 0 Å². The summed E-state index contributed by atoms with van der Waals surface area (Å²) in [6, 6.07) is 8.80. The smallest absolute Gasteiger partial charge is 0.239 e. The maximum absolute atomic E-state index is 10.3. The van der Waals surface area contributed by atoms with Gasteiger partial charge in [-0.25, -0.2) is 4.52 Å². The Hall–Kier alpha value is -0.920. The largest absolute Gasteiger partial charge is 0.660 e. The van der Waals surface area contributed by atoms with Crippen molar-refractivity contribution < 1.29 is 9.09 Å². The van der Waals surface area contributed by atoms with E-state index in [0.29, 0.717) is 5.75 Å². The van der Waals surface area contributed by atoms with Crippen LogP contribution in [0.1, 0.15) is 0 Å². The minimum atomic E-state index is -2.03. The third-order valence-electron chi connectivity index (χ3n) is 0.939. The molecular formula is C6H7NO2P+. The Morgan fingerprint density at radius 2 is 1.90 bits per heavy atom. The highest BCUT2D eigenvalue weighted by Crippen LogP contribution is 2.18. The van der Waals surface area contributed by atoms with E-state index < -0.39 is 8.18 Å². The van der Waals surface area contributed by atoms with Crippen LogP contribution in [0.3, 0.4) is 0 Å². The molecule has 0 aliphatic carbocycles. The van der Waals surface area contributed by atoms with Crippen LogP contribution < -0.4 is 10.0 Å². The highest BCUT2D eigenvalue weighted by molar-refractivity contribution is 7.36. The first kappa shape index (κ1) is 7.19. The Balaban J connectivity index is 2.67. The van der Waals surface area contributed by atoms with Gasteiger partial charge in [0.05, 0.1) is 0 Å². The van der Waals surface area contributed by atoms with Crippen LogP contribution in [0.5, 0.6) is 5.75 Å². The summed E-state index contributed by atoms with van der Waals surface area (Å²) in [4.78, 5) is 0. The number of hydrogen-bond donors (Lipinski definition) is 1. The summed E-state index contributed by atoms with van der Waals surface area (Å²) < 4.78 is 15.0. The molecule has 1 atom stereocenters. The molecule has 0 amide bonds. The third kappa shape index (κ3) is 2.13. The monoisotopic (exact) mass is 156 g/mol. The van der Waals surface area contributed by atoms with Gasteiger partial charge in [0, 0.05) is 4.57 Å². The quantitative estimate of drug-likeness (QED) is 0.662. The highest BCUT2D eigenvalue weighted by Gasteiger charge is 2.08. The molecule has 0 fully saturated rings. The molecule has 0 saturated heterocycles. The summed E-state index contributed by atoms with van der Waals surface area (Å²) in [6.45, 7) is 0. The van der Waals surface area contributed by atoms with Crippen molar-refractivity contribution in [1.29, 1.82) is 0 Å². The second kappa shape index (κ2) is 3.30. The van der Waals surface area contributed by atoms with E-state index in [-0.39, 0.29) is 0 Å². The lowest BCUT2D eigenvalue weighted by molar-refractivity contribution is 0.506. The molecule has 4 heteroatoms. The van der Waals surface area contributed by atoms with Crippen molar-refractivity contribution in [3.63, 3.8) is 0 Å². The van der Waals surface area contributed by atoms with Crippen molar-refractivity contribution in [2.75, 3.05) is 0 Å². The lowest BCUT2D eigenvalue weighted by atomic mass is 10.3. The summed E-state index contributed by atoms with van der Waals surface area (Å²) in [7, 11) is -2.03. The van der Waals surface area contributed by atoms with Gasteiger partial charge in [-0.15, -0.1) is 0 Å². The SMILES string of the molecule is N[P+](=O)Oc1ccccc1. The fourth-order valence-electron chi connectivity index (χ4n) is 0.585. The average Bonchev–Trinajstić information content (AvgIpc) is 1.88. The number of benzene rings is 1. The third-order valence-corrected chi connectivity index (χ3v) is 1.33. The van der Waals surface area contributed by atoms with E-state index in [4.69, 9.17) is 10.0 Å². The molecular weight excluding hydrogens is 149 g/mol. The lowest BCUT2D eigenvalue weighted by Gasteiger charge is -1.86. The van der Waals surface area contributed by atoms with Gasteiger partial charge in [0.15, 0.2) is 5.75 Å². The maximum atomic E-state index is 10.3. The Labute approximate surface area is 59.7 Å². The Bertz CT molecular complexity index is 224. The van der Waals surface area contributed by atoms with Crippen LogP contribution in [0, 0.1) is 0 Å². The van der Waals surface area contributed by atoms with Gasteiger partial charge in [-0.1, -0.05) is 23.7 Å². The fourth-order valence-corrected chi connectivity index (χ4v) is 0.915. The molecule has 0 spiro atoms. The molecule has 1 aromatic rings. The normalized spacial score (nSPS) is 10.7. The topological polar surface area (TPSA) is 52.3 Å². The van der Waals surface area contributed by atoms with Crippen molar-refractivity contribution in [2.45, 2.75) is 0 Å². The molecule has 10 heavy (non-hydrogen) atoms. The van der Waals surface area contributed by atoms with Gasteiger partial charge in [0.2, 0.25) is 0 Å². The molecule has 52 valence electrons. The van der Waals surface area contributed by atoms with E-state index in [1.165, 1.54) is 0 Å². The predicted octanol–water partition coefficient (Wildman–Crippen LogP) is 1.68. The molecule has 1 aromatic carbocycles. The first-order valence-corrected chi connectivity index (χ1v) is 3.98. The highest BCUT2D eigenvalue weighted by atomic mass is 31.1. The lowest BCUT2D eigenvalue weighted by Crippen LogP contribution is -1.86. The molecule has 0 saturated carbocycles. The standard InChI is InChI=1S/C6H7NO2P/c7-10(8)9-6-4-2-1-3-5-6/h1-5H,(H2,7,8)/q+1. The first-order chi connectivity index (χ1) is 4.79. The van der Waals surface area contributed by atoms with E-state index in [1.54, 1.807) is 24.3 Å². The van der Waals surface area contributed by atoms with Crippen molar-refractivity contribution >= 4 is 8.18 Å². The molecule has 3 nitrogen and oxygen atoms in total. The van der Waals surface area contributed by atoms with Crippen LogP contribution in [-0.4, -0.2) is 0 Å². The predicted molar refractivity (Wildman–Crippen MR) is 38.9 cm³/mol. The van der Waals surface area contributed by atoms with Crippen molar-refractivity contribution in [2.24, 2.45) is 5.50 Å². The zero-order valence-corrected chi connectivity index (χ0v) is 6.12. The van der Waals surface area contributed by atoms with Gasteiger partial charge < -0.3 is 0 Å². The van der Waals surface area contributed by atoms with Gasteiger partial charge in [-0.3, -0.25) is 0 Å². The van der Waals surface area contributed by atoms with Crippen molar-refractivity contribution in [3.8, 4) is 5.75 Å². The molecule has 1 unspecified atom stereocenters. The van der Waals surface area contributed by atoms with Crippen LogP contribution in [0.2, 0.25) is 0 Å². The minimum absolute atomic E-state index is 0.533. The van der Waals surface area contributed by atoms with E-state index in [0.717, 1.165) is 0 Å². The molecule has 1 rings (SSSR count). The Morgan fingerprint density at radius 1 is 1.30 bits per heavy atom. The zero-order chi connectivity index (χ0) is 7.40. The number of rotatable bonds is 2. The second-order valence-corrected chi connectivity index (χ2v) is 2.44. The summed E-state index contributed by atoms with van der Waals surface area (Å²) in [6.07, 6.45) is 0. The van der Waals surface area contributed by atoms with Crippen LogP contribution >= 0.6 is 8.18 Å². The number of para-hydroxylation sites is 1.